The molecule has 1 unspecified atom stereocenters. The van der Waals surface area contributed by atoms with E-state index in [0.29, 0.717) is 12.1 Å². The molecule has 0 amide bonds. The van der Waals surface area contributed by atoms with Crippen molar-refractivity contribution >= 4 is 5.69 Å². The Morgan fingerprint density at radius 3 is 2.25 bits per heavy atom. The Balaban J connectivity index is 2.53. The van der Waals surface area contributed by atoms with E-state index in [9.17, 15) is 36.5 Å². The van der Waals surface area contributed by atoms with E-state index < -0.39 is 45.7 Å². The lowest BCUT2D eigenvalue weighted by Crippen LogP contribution is -2.17. The number of nitro groups is 1. The molecule has 0 fully saturated rings. The molecule has 0 radical (unpaired) electrons. The van der Waals surface area contributed by atoms with E-state index in [4.69, 9.17) is 0 Å². The maximum Gasteiger partial charge on any atom is 0.416 e. The minimum absolute atomic E-state index is 0.0176. The molecule has 0 aliphatic carbocycles. The Kier molecular flexibility index (Phi) is 4.29. The van der Waals surface area contributed by atoms with Gasteiger partial charge in [0.1, 0.15) is 12.4 Å². The fraction of sp³-hybridized carbons (Fsp3) is 0.308. The first kappa shape index (κ1) is 17.8. The van der Waals surface area contributed by atoms with Crippen LogP contribution < -0.4 is 0 Å². The lowest BCUT2D eigenvalue weighted by Gasteiger charge is -2.20. The van der Waals surface area contributed by atoms with Crippen molar-refractivity contribution in [1.82, 2.24) is 9.78 Å². The molecule has 0 saturated carbocycles. The molecule has 24 heavy (non-hydrogen) atoms. The summed E-state index contributed by atoms with van der Waals surface area (Å²) in [5, 5.41) is 14.2. The molecule has 0 aliphatic heterocycles. The van der Waals surface area contributed by atoms with Crippen LogP contribution >= 0.6 is 0 Å². The number of benzene rings is 1. The van der Waals surface area contributed by atoms with E-state index in [-0.39, 0.29) is 6.07 Å². The normalized spacial score (nSPS) is 13.8. The highest BCUT2D eigenvalue weighted by Gasteiger charge is 2.39. The lowest BCUT2D eigenvalue weighted by molar-refractivity contribution is -0.385. The first-order chi connectivity index (χ1) is 10.9. The minimum Gasteiger partial charge on any atom is -0.258 e. The van der Waals surface area contributed by atoms with Crippen LogP contribution in [0.5, 0.6) is 0 Å². The summed E-state index contributed by atoms with van der Waals surface area (Å²) in [6.07, 6.45) is -8.20. The van der Waals surface area contributed by atoms with E-state index in [1.165, 1.54) is 6.92 Å². The highest BCUT2D eigenvalue weighted by atomic mass is 19.4. The number of rotatable bonds is 3. The average Bonchev–Trinajstić information content (AvgIpc) is 2.94. The van der Waals surface area contributed by atoms with Gasteiger partial charge < -0.3 is 0 Å². The summed E-state index contributed by atoms with van der Waals surface area (Å²) < 4.78 is 78.2. The third-order valence-corrected chi connectivity index (χ3v) is 3.33. The molecule has 0 saturated heterocycles. The molecule has 1 atom stereocenters. The fourth-order valence-electron chi connectivity index (χ4n) is 2.12. The summed E-state index contributed by atoms with van der Waals surface area (Å²) in [6, 6.07) is 0.0876. The number of nitrogens with zero attached hydrogens (tertiary/aromatic N) is 3. The van der Waals surface area contributed by atoms with Crippen LogP contribution in [0.15, 0.2) is 30.6 Å². The van der Waals surface area contributed by atoms with Crippen LogP contribution in [0.3, 0.4) is 0 Å². The van der Waals surface area contributed by atoms with Crippen molar-refractivity contribution in [3.63, 3.8) is 0 Å². The Morgan fingerprint density at radius 1 is 1.17 bits per heavy atom. The van der Waals surface area contributed by atoms with Crippen LogP contribution in [0, 0.1) is 10.1 Å². The second-order valence-corrected chi connectivity index (χ2v) is 4.91. The predicted octanol–water partition coefficient (Wildman–Crippen LogP) is 4.44. The lowest BCUT2D eigenvalue weighted by atomic mass is 9.98. The quantitative estimate of drug-likeness (QED) is 0.466. The first-order valence-corrected chi connectivity index (χ1v) is 6.38. The number of hydrogen-bond acceptors (Lipinski definition) is 3. The molecule has 2 rings (SSSR count). The SMILES string of the molecule is CC(c1ccc(C(F)(F)F)cc1C(F)(F)F)n1cc([N+](=O)[O-])cn1. The fourth-order valence-corrected chi connectivity index (χ4v) is 2.12. The summed E-state index contributed by atoms with van der Waals surface area (Å²) in [5.74, 6) is 0. The number of halogens is 6. The molecular formula is C13H9F6N3O2. The summed E-state index contributed by atoms with van der Waals surface area (Å²) in [7, 11) is 0. The van der Waals surface area contributed by atoms with Crippen molar-refractivity contribution in [1.29, 1.82) is 0 Å². The molecule has 0 bridgehead atoms. The Morgan fingerprint density at radius 2 is 1.79 bits per heavy atom. The van der Waals surface area contributed by atoms with E-state index in [2.05, 4.69) is 5.10 Å². The van der Waals surface area contributed by atoms with Crippen molar-refractivity contribution < 1.29 is 31.3 Å². The molecule has 1 aromatic heterocycles. The first-order valence-electron chi connectivity index (χ1n) is 6.38. The molecule has 0 N–H and O–H groups in total. The molecule has 11 heteroatoms. The van der Waals surface area contributed by atoms with Crippen molar-refractivity contribution in [2.24, 2.45) is 0 Å². The molecule has 0 aliphatic rings. The summed E-state index contributed by atoms with van der Waals surface area (Å²) in [6.45, 7) is 1.24. The topological polar surface area (TPSA) is 61.0 Å². The summed E-state index contributed by atoms with van der Waals surface area (Å²) in [4.78, 5) is 9.82. The number of hydrogen-bond donors (Lipinski definition) is 0. The van der Waals surface area contributed by atoms with Crippen LogP contribution in [-0.2, 0) is 12.4 Å². The zero-order valence-corrected chi connectivity index (χ0v) is 11.9. The van der Waals surface area contributed by atoms with Crippen molar-refractivity contribution in [2.75, 3.05) is 0 Å². The Labute approximate surface area is 130 Å². The molecule has 5 nitrogen and oxygen atoms in total. The van der Waals surface area contributed by atoms with Gasteiger partial charge in [0.25, 0.3) is 0 Å². The van der Waals surface area contributed by atoms with Crippen molar-refractivity contribution in [2.45, 2.75) is 25.3 Å². The molecule has 130 valence electrons. The standard InChI is InChI=1S/C13H9F6N3O2/c1-7(21-6-9(5-20-21)22(23)24)10-3-2-8(12(14,15)16)4-11(10)13(17,18)19/h2-7H,1H3. The maximum atomic E-state index is 13.1. The van der Waals surface area contributed by atoms with Crippen LogP contribution in [-0.4, -0.2) is 14.7 Å². The number of alkyl halides is 6. The Bertz CT molecular complexity index is 766. The minimum atomic E-state index is -5.02. The molecule has 0 spiro atoms. The highest BCUT2D eigenvalue weighted by molar-refractivity contribution is 5.38. The average molecular weight is 353 g/mol. The van der Waals surface area contributed by atoms with Gasteiger partial charge in [-0.3, -0.25) is 14.8 Å². The van der Waals surface area contributed by atoms with Crippen LogP contribution in [0.1, 0.15) is 29.7 Å². The highest BCUT2D eigenvalue weighted by Crippen LogP contribution is 2.39. The monoisotopic (exact) mass is 353 g/mol. The third kappa shape index (κ3) is 3.49. The van der Waals surface area contributed by atoms with Gasteiger partial charge >= 0.3 is 18.0 Å². The summed E-state index contributed by atoms with van der Waals surface area (Å²) in [5.41, 5.74) is -3.82. The van der Waals surface area contributed by atoms with Gasteiger partial charge in [-0.2, -0.15) is 31.4 Å². The zero-order valence-electron chi connectivity index (χ0n) is 11.9. The van der Waals surface area contributed by atoms with Crippen LogP contribution in [0.4, 0.5) is 32.0 Å². The smallest absolute Gasteiger partial charge is 0.258 e. The Hall–Kier alpha value is -2.59. The van der Waals surface area contributed by atoms with Gasteiger partial charge in [0.2, 0.25) is 0 Å². The molecular weight excluding hydrogens is 344 g/mol. The van der Waals surface area contributed by atoms with E-state index >= 15 is 0 Å². The summed E-state index contributed by atoms with van der Waals surface area (Å²) >= 11 is 0. The number of aromatic nitrogens is 2. The molecule has 2 aromatic rings. The molecule has 1 heterocycles. The molecule has 1 aromatic carbocycles. The van der Waals surface area contributed by atoms with Gasteiger partial charge in [-0.1, -0.05) is 6.07 Å². The van der Waals surface area contributed by atoms with Crippen molar-refractivity contribution in [3.05, 3.63) is 57.4 Å². The van der Waals surface area contributed by atoms with Gasteiger partial charge in [-0.25, -0.2) is 0 Å². The van der Waals surface area contributed by atoms with Crippen LogP contribution in [0.25, 0.3) is 0 Å². The van der Waals surface area contributed by atoms with Gasteiger partial charge in [0, 0.05) is 0 Å². The van der Waals surface area contributed by atoms with E-state index in [1.54, 1.807) is 0 Å². The second-order valence-electron chi connectivity index (χ2n) is 4.91. The maximum absolute atomic E-state index is 13.1. The van der Waals surface area contributed by atoms with Crippen LogP contribution in [0.2, 0.25) is 0 Å². The largest absolute Gasteiger partial charge is 0.416 e. The third-order valence-electron chi connectivity index (χ3n) is 3.33. The van der Waals surface area contributed by atoms with Crippen molar-refractivity contribution in [3.8, 4) is 0 Å². The zero-order chi connectivity index (χ0) is 18.3. The predicted molar refractivity (Wildman–Crippen MR) is 69.1 cm³/mol. The van der Waals surface area contributed by atoms with Gasteiger partial charge in [-0.05, 0) is 24.6 Å². The second kappa shape index (κ2) is 5.80. The van der Waals surface area contributed by atoms with Gasteiger partial charge in [-0.15, -0.1) is 0 Å². The van der Waals surface area contributed by atoms with E-state index in [1.807, 2.05) is 0 Å². The van der Waals surface area contributed by atoms with Gasteiger partial charge in [0.15, 0.2) is 0 Å². The van der Waals surface area contributed by atoms with Gasteiger partial charge in [0.05, 0.1) is 22.1 Å². The van der Waals surface area contributed by atoms with E-state index in [0.717, 1.165) is 17.1 Å².